The van der Waals surface area contributed by atoms with E-state index in [2.05, 4.69) is 38.8 Å². The van der Waals surface area contributed by atoms with E-state index in [0.29, 0.717) is 6.04 Å². The fraction of sp³-hybridized carbons (Fsp3) is 0.562. The van der Waals surface area contributed by atoms with Crippen LogP contribution >= 0.6 is 0 Å². The molecule has 3 heterocycles. The van der Waals surface area contributed by atoms with Gasteiger partial charge in [0.05, 0.1) is 5.52 Å². The molecule has 1 saturated heterocycles. The molecule has 1 atom stereocenters. The molecule has 0 amide bonds. The molecule has 1 aliphatic heterocycles. The van der Waals surface area contributed by atoms with Crippen molar-refractivity contribution >= 4 is 16.9 Å². The lowest BCUT2D eigenvalue weighted by Gasteiger charge is -2.29. The molecule has 0 saturated carbocycles. The Morgan fingerprint density at radius 1 is 1.19 bits per heavy atom. The Balaban J connectivity index is 2.00. The molecule has 2 aromatic heterocycles. The van der Waals surface area contributed by atoms with Gasteiger partial charge in [0.1, 0.15) is 11.8 Å². The van der Waals surface area contributed by atoms with Gasteiger partial charge in [0.25, 0.3) is 0 Å². The highest BCUT2D eigenvalue weighted by Crippen LogP contribution is 2.25. The molecule has 1 unspecified atom stereocenters. The van der Waals surface area contributed by atoms with Crippen molar-refractivity contribution < 1.29 is 0 Å². The standard InChI is InChI=1S/C16H23N5/c1-12-7-8-14-15(19-12)16(18-11-17-14)21-9-5-4-6-13(10-21)20(2)3/h7-8,11,13H,4-6,9-10H2,1-3H3. The molecule has 0 radical (unpaired) electrons. The van der Waals surface area contributed by atoms with Gasteiger partial charge in [-0.1, -0.05) is 6.42 Å². The summed E-state index contributed by atoms with van der Waals surface area (Å²) in [6.45, 7) is 4.07. The van der Waals surface area contributed by atoms with Crippen LogP contribution in [0.15, 0.2) is 18.5 Å². The van der Waals surface area contributed by atoms with E-state index in [0.717, 1.165) is 35.6 Å². The van der Waals surface area contributed by atoms with E-state index in [9.17, 15) is 0 Å². The minimum atomic E-state index is 0.572. The van der Waals surface area contributed by atoms with Crippen molar-refractivity contribution in [2.45, 2.75) is 32.2 Å². The summed E-state index contributed by atoms with van der Waals surface area (Å²) in [4.78, 5) is 18.3. The van der Waals surface area contributed by atoms with Crippen LogP contribution in [0.2, 0.25) is 0 Å². The lowest BCUT2D eigenvalue weighted by molar-refractivity contribution is 0.285. The third kappa shape index (κ3) is 2.97. The minimum Gasteiger partial charge on any atom is -0.353 e. The molecular weight excluding hydrogens is 262 g/mol. The van der Waals surface area contributed by atoms with Crippen molar-refractivity contribution in [3.8, 4) is 0 Å². The van der Waals surface area contributed by atoms with Crippen LogP contribution in [-0.4, -0.2) is 53.1 Å². The number of likely N-dealkylation sites (N-methyl/N-ethyl adjacent to an activating group) is 1. The molecule has 112 valence electrons. The Labute approximate surface area is 126 Å². The van der Waals surface area contributed by atoms with Crippen LogP contribution in [-0.2, 0) is 0 Å². The molecule has 5 heteroatoms. The van der Waals surface area contributed by atoms with Gasteiger partial charge in [-0.05, 0) is 46.0 Å². The van der Waals surface area contributed by atoms with Crippen molar-refractivity contribution in [1.29, 1.82) is 0 Å². The summed E-state index contributed by atoms with van der Waals surface area (Å²) in [5, 5.41) is 0. The second kappa shape index (κ2) is 5.93. The van der Waals surface area contributed by atoms with Gasteiger partial charge in [-0.15, -0.1) is 0 Å². The van der Waals surface area contributed by atoms with Crippen molar-refractivity contribution in [1.82, 2.24) is 19.9 Å². The fourth-order valence-electron chi connectivity index (χ4n) is 2.99. The van der Waals surface area contributed by atoms with Crippen LogP contribution in [0.1, 0.15) is 25.0 Å². The zero-order chi connectivity index (χ0) is 14.8. The predicted octanol–water partition coefficient (Wildman–Crippen LogP) is 2.25. The Hall–Kier alpha value is -1.75. The third-order valence-corrected chi connectivity index (χ3v) is 4.28. The monoisotopic (exact) mass is 285 g/mol. The average Bonchev–Trinajstić information content (AvgIpc) is 2.72. The highest BCUT2D eigenvalue weighted by atomic mass is 15.2. The van der Waals surface area contributed by atoms with E-state index >= 15 is 0 Å². The van der Waals surface area contributed by atoms with E-state index in [4.69, 9.17) is 0 Å². The number of anilines is 1. The van der Waals surface area contributed by atoms with Crippen LogP contribution < -0.4 is 4.90 Å². The third-order valence-electron chi connectivity index (χ3n) is 4.28. The Bertz CT molecular complexity index is 625. The smallest absolute Gasteiger partial charge is 0.158 e. The maximum atomic E-state index is 4.67. The SMILES string of the molecule is Cc1ccc2ncnc(N3CCCCC(N(C)C)C3)c2n1. The summed E-state index contributed by atoms with van der Waals surface area (Å²) in [6, 6.07) is 4.61. The molecule has 1 fully saturated rings. The summed E-state index contributed by atoms with van der Waals surface area (Å²) in [5.41, 5.74) is 2.87. The van der Waals surface area contributed by atoms with Gasteiger partial charge in [0.2, 0.25) is 0 Å². The van der Waals surface area contributed by atoms with Crippen molar-refractivity contribution in [2.24, 2.45) is 0 Å². The van der Waals surface area contributed by atoms with Gasteiger partial charge in [-0.3, -0.25) is 0 Å². The first-order valence-electron chi connectivity index (χ1n) is 7.65. The molecule has 0 aromatic carbocycles. The van der Waals surface area contributed by atoms with Crippen LogP contribution in [0.3, 0.4) is 0 Å². The van der Waals surface area contributed by atoms with E-state index in [1.807, 2.05) is 19.1 Å². The summed E-state index contributed by atoms with van der Waals surface area (Å²) in [7, 11) is 4.32. The number of rotatable bonds is 2. The fourth-order valence-corrected chi connectivity index (χ4v) is 2.99. The number of aromatic nitrogens is 3. The maximum absolute atomic E-state index is 4.67. The first kappa shape index (κ1) is 14.2. The lowest BCUT2D eigenvalue weighted by Crippen LogP contribution is -2.39. The number of fused-ring (bicyclic) bond motifs is 1. The zero-order valence-corrected chi connectivity index (χ0v) is 13.1. The Morgan fingerprint density at radius 3 is 2.86 bits per heavy atom. The van der Waals surface area contributed by atoms with Crippen LogP contribution in [0, 0.1) is 6.92 Å². The number of hydrogen-bond donors (Lipinski definition) is 0. The number of pyridine rings is 1. The van der Waals surface area contributed by atoms with Gasteiger partial charge >= 0.3 is 0 Å². The summed E-state index contributed by atoms with van der Waals surface area (Å²) in [5.74, 6) is 0.984. The largest absolute Gasteiger partial charge is 0.353 e. The van der Waals surface area contributed by atoms with Crippen LogP contribution in [0.25, 0.3) is 11.0 Å². The summed E-state index contributed by atoms with van der Waals surface area (Å²) >= 11 is 0. The van der Waals surface area contributed by atoms with E-state index < -0.39 is 0 Å². The Kier molecular flexibility index (Phi) is 4.01. The summed E-state index contributed by atoms with van der Waals surface area (Å²) < 4.78 is 0. The molecule has 2 aromatic rings. The zero-order valence-electron chi connectivity index (χ0n) is 13.1. The number of nitrogens with zero attached hydrogens (tertiary/aromatic N) is 5. The van der Waals surface area contributed by atoms with Gasteiger partial charge in [-0.25, -0.2) is 15.0 Å². The van der Waals surface area contributed by atoms with E-state index in [1.54, 1.807) is 6.33 Å². The molecule has 0 bridgehead atoms. The van der Waals surface area contributed by atoms with Crippen molar-refractivity contribution in [2.75, 3.05) is 32.1 Å². The van der Waals surface area contributed by atoms with Crippen LogP contribution in [0.5, 0.6) is 0 Å². The molecule has 0 spiro atoms. The highest BCUT2D eigenvalue weighted by molar-refractivity contribution is 5.85. The van der Waals surface area contributed by atoms with Crippen molar-refractivity contribution in [3.63, 3.8) is 0 Å². The molecule has 0 N–H and O–H groups in total. The van der Waals surface area contributed by atoms with Gasteiger partial charge in [0.15, 0.2) is 5.82 Å². The molecular formula is C16H23N5. The van der Waals surface area contributed by atoms with Gasteiger partial charge in [0, 0.05) is 24.8 Å². The molecule has 1 aliphatic rings. The predicted molar refractivity (Wildman–Crippen MR) is 85.6 cm³/mol. The van der Waals surface area contributed by atoms with Crippen LogP contribution in [0.4, 0.5) is 5.82 Å². The van der Waals surface area contributed by atoms with E-state index in [-0.39, 0.29) is 0 Å². The first-order chi connectivity index (χ1) is 10.1. The average molecular weight is 285 g/mol. The number of aryl methyl sites for hydroxylation is 1. The normalized spacial score (nSPS) is 20.0. The molecule has 3 rings (SSSR count). The quantitative estimate of drug-likeness (QED) is 0.847. The summed E-state index contributed by atoms with van der Waals surface area (Å²) in [6.07, 6.45) is 5.39. The lowest BCUT2D eigenvalue weighted by atomic mass is 10.1. The molecule has 0 aliphatic carbocycles. The van der Waals surface area contributed by atoms with Gasteiger partial charge in [-0.2, -0.15) is 0 Å². The highest BCUT2D eigenvalue weighted by Gasteiger charge is 2.22. The van der Waals surface area contributed by atoms with Crippen molar-refractivity contribution in [3.05, 3.63) is 24.2 Å². The molecule has 21 heavy (non-hydrogen) atoms. The number of hydrogen-bond acceptors (Lipinski definition) is 5. The second-order valence-corrected chi connectivity index (χ2v) is 6.08. The second-order valence-electron chi connectivity index (χ2n) is 6.08. The Morgan fingerprint density at radius 2 is 2.05 bits per heavy atom. The van der Waals surface area contributed by atoms with Gasteiger partial charge < -0.3 is 9.80 Å². The van der Waals surface area contributed by atoms with E-state index in [1.165, 1.54) is 19.3 Å². The first-order valence-corrected chi connectivity index (χ1v) is 7.65. The topological polar surface area (TPSA) is 45.2 Å². The minimum absolute atomic E-state index is 0.572. The maximum Gasteiger partial charge on any atom is 0.158 e. The molecule has 5 nitrogen and oxygen atoms in total.